The van der Waals surface area contributed by atoms with Gasteiger partial charge >= 0.3 is 0 Å². The van der Waals surface area contributed by atoms with Gasteiger partial charge < -0.3 is 10.1 Å². The van der Waals surface area contributed by atoms with Crippen molar-refractivity contribution < 1.29 is 4.74 Å². The third-order valence-electron chi connectivity index (χ3n) is 2.62. The van der Waals surface area contributed by atoms with E-state index in [9.17, 15) is 0 Å². The summed E-state index contributed by atoms with van der Waals surface area (Å²) in [5.74, 6) is 0.717. The van der Waals surface area contributed by atoms with Gasteiger partial charge in [-0.1, -0.05) is 27.2 Å². The molecule has 0 rings (SSSR count). The van der Waals surface area contributed by atoms with Gasteiger partial charge in [0.2, 0.25) is 0 Å². The van der Waals surface area contributed by atoms with Gasteiger partial charge in [0.1, 0.15) is 0 Å². The second-order valence-corrected chi connectivity index (χ2v) is 4.61. The Morgan fingerprint density at radius 3 is 2.40 bits per heavy atom. The van der Waals surface area contributed by atoms with Crippen molar-refractivity contribution in [3.05, 3.63) is 0 Å². The van der Waals surface area contributed by atoms with Gasteiger partial charge in [-0.3, -0.25) is 0 Å². The molecule has 0 fully saturated rings. The van der Waals surface area contributed by atoms with Gasteiger partial charge in [0.15, 0.2) is 0 Å². The van der Waals surface area contributed by atoms with E-state index >= 15 is 0 Å². The fraction of sp³-hybridized carbons (Fsp3) is 1.00. The van der Waals surface area contributed by atoms with Crippen LogP contribution in [0.15, 0.2) is 0 Å². The summed E-state index contributed by atoms with van der Waals surface area (Å²) in [6, 6.07) is 0.589. The summed E-state index contributed by atoms with van der Waals surface area (Å²) in [7, 11) is 0. The molecule has 0 aromatic carbocycles. The fourth-order valence-corrected chi connectivity index (χ4v) is 1.61. The number of hydrogen-bond donors (Lipinski definition) is 1. The first-order chi connectivity index (χ1) is 7.20. The molecule has 2 nitrogen and oxygen atoms in total. The van der Waals surface area contributed by atoms with E-state index in [1.165, 1.54) is 19.3 Å². The van der Waals surface area contributed by atoms with Crippen LogP contribution in [0.3, 0.4) is 0 Å². The maximum absolute atomic E-state index is 5.66. The predicted octanol–water partition coefficient (Wildman–Crippen LogP) is 3.22. The smallest absolute Gasteiger partial charge is 0.0491 e. The summed E-state index contributed by atoms with van der Waals surface area (Å²) in [5.41, 5.74) is 0. The van der Waals surface area contributed by atoms with Crippen molar-refractivity contribution in [1.82, 2.24) is 5.32 Å². The molecule has 15 heavy (non-hydrogen) atoms. The van der Waals surface area contributed by atoms with E-state index in [0.29, 0.717) is 12.0 Å². The van der Waals surface area contributed by atoms with Gasteiger partial charge in [0, 0.05) is 19.3 Å². The molecule has 92 valence electrons. The molecular weight excluding hydrogens is 186 g/mol. The zero-order valence-corrected chi connectivity index (χ0v) is 11.0. The maximum Gasteiger partial charge on any atom is 0.0491 e. The molecule has 0 aromatic rings. The zero-order chi connectivity index (χ0) is 11.5. The van der Waals surface area contributed by atoms with Gasteiger partial charge in [-0.2, -0.15) is 0 Å². The highest BCUT2D eigenvalue weighted by molar-refractivity contribution is 4.59. The van der Waals surface area contributed by atoms with E-state index in [-0.39, 0.29) is 0 Å². The molecule has 0 spiro atoms. The van der Waals surface area contributed by atoms with Gasteiger partial charge in [0.05, 0.1) is 0 Å². The molecule has 2 atom stereocenters. The third kappa shape index (κ3) is 10.2. The fourth-order valence-electron chi connectivity index (χ4n) is 1.61. The Kier molecular flexibility index (Phi) is 10.4. The van der Waals surface area contributed by atoms with E-state index < -0.39 is 0 Å². The average Bonchev–Trinajstić information content (AvgIpc) is 2.22. The van der Waals surface area contributed by atoms with Crippen LogP contribution in [-0.4, -0.2) is 25.8 Å². The van der Waals surface area contributed by atoms with Gasteiger partial charge in [-0.05, 0) is 38.6 Å². The summed E-state index contributed by atoms with van der Waals surface area (Å²) >= 11 is 0. The first kappa shape index (κ1) is 14.9. The molecule has 1 N–H and O–H groups in total. The van der Waals surface area contributed by atoms with Gasteiger partial charge in [-0.15, -0.1) is 0 Å². The van der Waals surface area contributed by atoms with E-state index in [2.05, 4.69) is 33.0 Å². The molecule has 2 heteroatoms. The van der Waals surface area contributed by atoms with Crippen LogP contribution >= 0.6 is 0 Å². The second kappa shape index (κ2) is 10.4. The van der Waals surface area contributed by atoms with Crippen LogP contribution in [0.2, 0.25) is 0 Å². The summed E-state index contributed by atoms with van der Waals surface area (Å²) in [5, 5.41) is 3.47. The normalized spacial score (nSPS) is 15.2. The minimum atomic E-state index is 0.589. The molecule has 0 saturated carbocycles. The highest BCUT2D eigenvalue weighted by Crippen LogP contribution is 2.05. The van der Waals surface area contributed by atoms with Crippen LogP contribution < -0.4 is 5.32 Å². The standard InChI is InChI=1S/C13H29NO/c1-5-7-12(3)11-15-10-8-13(4)14-9-6-2/h12-14H,5-11H2,1-4H3. The van der Waals surface area contributed by atoms with Crippen LogP contribution in [0.1, 0.15) is 53.4 Å². The van der Waals surface area contributed by atoms with Crippen molar-refractivity contribution in [2.45, 2.75) is 59.4 Å². The van der Waals surface area contributed by atoms with Crippen LogP contribution in [0.5, 0.6) is 0 Å². The van der Waals surface area contributed by atoms with Crippen molar-refractivity contribution in [3.8, 4) is 0 Å². The lowest BCUT2D eigenvalue weighted by molar-refractivity contribution is 0.0949. The second-order valence-electron chi connectivity index (χ2n) is 4.61. The quantitative estimate of drug-likeness (QED) is 0.565. The summed E-state index contributed by atoms with van der Waals surface area (Å²) in [6.45, 7) is 11.9. The lowest BCUT2D eigenvalue weighted by atomic mass is 10.1. The Balaban J connectivity index is 3.22. The molecule has 0 aromatic heterocycles. The number of hydrogen-bond acceptors (Lipinski definition) is 2. The van der Waals surface area contributed by atoms with Crippen molar-refractivity contribution >= 4 is 0 Å². The first-order valence-electron chi connectivity index (χ1n) is 6.51. The Morgan fingerprint density at radius 1 is 1.07 bits per heavy atom. The minimum Gasteiger partial charge on any atom is -0.381 e. The SMILES string of the molecule is CCCNC(C)CCOCC(C)CCC. The van der Waals surface area contributed by atoms with E-state index in [1.807, 2.05) is 0 Å². The Hall–Kier alpha value is -0.0800. The number of nitrogens with one attached hydrogen (secondary N) is 1. The van der Waals surface area contributed by atoms with Crippen molar-refractivity contribution in [1.29, 1.82) is 0 Å². The van der Waals surface area contributed by atoms with E-state index in [4.69, 9.17) is 4.74 Å². The lowest BCUT2D eigenvalue weighted by Gasteiger charge is -2.14. The van der Waals surface area contributed by atoms with Crippen molar-refractivity contribution in [2.75, 3.05) is 19.8 Å². The molecule has 0 aliphatic carbocycles. The van der Waals surface area contributed by atoms with Crippen molar-refractivity contribution in [2.24, 2.45) is 5.92 Å². The molecule has 2 unspecified atom stereocenters. The van der Waals surface area contributed by atoms with Gasteiger partial charge in [-0.25, -0.2) is 0 Å². The molecule has 0 bridgehead atoms. The van der Waals surface area contributed by atoms with Gasteiger partial charge in [0.25, 0.3) is 0 Å². The highest BCUT2D eigenvalue weighted by atomic mass is 16.5. The topological polar surface area (TPSA) is 21.3 Å². The molecule has 0 heterocycles. The zero-order valence-electron chi connectivity index (χ0n) is 11.0. The van der Waals surface area contributed by atoms with Crippen molar-refractivity contribution in [3.63, 3.8) is 0 Å². The van der Waals surface area contributed by atoms with E-state index in [1.54, 1.807) is 0 Å². The summed E-state index contributed by atoms with van der Waals surface area (Å²) in [6.07, 6.45) is 4.88. The Morgan fingerprint density at radius 2 is 1.80 bits per heavy atom. The predicted molar refractivity (Wildman–Crippen MR) is 67.3 cm³/mol. The number of rotatable bonds is 10. The molecular formula is C13H29NO. The first-order valence-corrected chi connectivity index (χ1v) is 6.51. The maximum atomic E-state index is 5.66. The van der Waals surface area contributed by atoms with Crippen LogP contribution in [-0.2, 0) is 4.74 Å². The molecule has 0 amide bonds. The molecule has 0 radical (unpaired) electrons. The molecule has 0 aliphatic rings. The van der Waals surface area contributed by atoms with Crippen LogP contribution in [0.4, 0.5) is 0 Å². The lowest BCUT2D eigenvalue weighted by Crippen LogP contribution is -2.28. The van der Waals surface area contributed by atoms with E-state index in [0.717, 1.165) is 26.2 Å². The monoisotopic (exact) mass is 215 g/mol. The third-order valence-corrected chi connectivity index (χ3v) is 2.62. The average molecular weight is 215 g/mol. The molecule has 0 saturated heterocycles. The van der Waals surface area contributed by atoms with Crippen LogP contribution in [0.25, 0.3) is 0 Å². The molecule has 0 aliphatic heterocycles. The summed E-state index contributed by atoms with van der Waals surface area (Å²) < 4.78 is 5.66. The summed E-state index contributed by atoms with van der Waals surface area (Å²) in [4.78, 5) is 0. The minimum absolute atomic E-state index is 0.589. The van der Waals surface area contributed by atoms with Crippen LogP contribution in [0, 0.1) is 5.92 Å². The Labute approximate surface area is 95.8 Å². The Bertz CT molecular complexity index is 128. The highest BCUT2D eigenvalue weighted by Gasteiger charge is 2.02. The largest absolute Gasteiger partial charge is 0.381 e. The number of ether oxygens (including phenoxy) is 1.